The Morgan fingerprint density at radius 3 is 2.65 bits per heavy atom. The van der Waals surface area contributed by atoms with E-state index in [4.69, 9.17) is 0 Å². The molecule has 1 saturated heterocycles. The molecule has 0 bridgehead atoms. The first kappa shape index (κ1) is 14.9. The molecule has 4 heteroatoms. The molecule has 110 valence electrons. The maximum Gasteiger partial charge on any atom is 0.251 e. The highest BCUT2D eigenvalue weighted by atomic mass is 16.3. The average molecular weight is 276 g/mol. The number of hydrogen-bond acceptors (Lipinski definition) is 3. The van der Waals surface area contributed by atoms with E-state index in [2.05, 4.69) is 24.2 Å². The van der Waals surface area contributed by atoms with E-state index in [1.807, 2.05) is 6.92 Å². The molecule has 1 aromatic rings. The number of phenolic OH excluding ortho intramolecular Hbond substituents is 1. The van der Waals surface area contributed by atoms with Gasteiger partial charge in [0.05, 0.1) is 0 Å². The lowest BCUT2D eigenvalue weighted by Crippen LogP contribution is -2.43. The fourth-order valence-corrected chi connectivity index (χ4v) is 2.48. The van der Waals surface area contributed by atoms with E-state index in [-0.39, 0.29) is 17.1 Å². The van der Waals surface area contributed by atoms with E-state index < -0.39 is 0 Å². The summed E-state index contributed by atoms with van der Waals surface area (Å²) in [5.74, 6) is 0.0589. The van der Waals surface area contributed by atoms with E-state index in [9.17, 15) is 9.90 Å². The molecule has 0 atom stereocenters. The molecular formula is C16H24N2O2. The third kappa shape index (κ3) is 3.51. The van der Waals surface area contributed by atoms with Gasteiger partial charge in [-0.05, 0) is 63.0 Å². The van der Waals surface area contributed by atoms with Crippen molar-refractivity contribution in [2.24, 2.45) is 5.41 Å². The Bertz CT molecular complexity index is 491. The quantitative estimate of drug-likeness (QED) is 0.889. The second-order valence-electron chi connectivity index (χ2n) is 6.30. The number of aryl methyl sites for hydroxylation is 1. The second kappa shape index (κ2) is 5.83. The van der Waals surface area contributed by atoms with Gasteiger partial charge < -0.3 is 15.3 Å². The minimum absolute atomic E-state index is 0.111. The topological polar surface area (TPSA) is 52.6 Å². The summed E-state index contributed by atoms with van der Waals surface area (Å²) >= 11 is 0. The molecule has 0 spiro atoms. The summed E-state index contributed by atoms with van der Waals surface area (Å²) in [4.78, 5) is 14.4. The fourth-order valence-electron chi connectivity index (χ4n) is 2.48. The highest BCUT2D eigenvalue weighted by molar-refractivity contribution is 5.94. The maximum absolute atomic E-state index is 12.1. The van der Waals surface area contributed by atoms with Crippen LogP contribution in [-0.4, -0.2) is 42.6 Å². The summed E-state index contributed by atoms with van der Waals surface area (Å²) < 4.78 is 0. The predicted molar refractivity (Wildman–Crippen MR) is 80.0 cm³/mol. The zero-order chi connectivity index (χ0) is 14.8. The number of piperidine rings is 1. The summed E-state index contributed by atoms with van der Waals surface area (Å²) in [6, 6.07) is 5.05. The van der Waals surface area contributed by atoms with Crippen LogP contribution in [0, 0.1) is 12.3 Å². The molecule has 0 saturated carbocycles. The van der Waals surface area contributed by atoms with E-state index in [0.29, 0.717) is 12.1 Å². The number of aromatic hydroxyl groups is 1. The molecule has 20 heavy (non-hydrogen) atoms. The van der Waals surface area contributed by atoms with Crippen LogP contribution >= 0.6 is 0 Å². The van der Waals surface area contributed by atoms with Crippen LogP contribution in [0.2, 0.25) is 0 Å². The van der Waals surface area contributed by atoms with Gasteiger partial charge in [-0.25, -0.2) is 0 Å². The van der Waals surface area contributed by atoms with E-state index in [1.54, 1.807) is 12.1 Å². The Balaban J connectivity index is 1.93. The fraction of sp³-hybridized carbons (Fsp3) is 0.562. The van der Waals surface area contributed by atoms with Crippen LogP contribution < -0.4 is 5.32 Å². The summed E-state index contributed by atoms with van der Waals surface area (Å²) in [7, 11) is 2.13. The van der Waals surface area contributed by atoms with E-state index in [0.717, 1.165) is 31.5 Å². The normalized spacial score (nSPS) is 18.8. The molecule has 2 N–H and O–H groups in total. The van der Waals surface area contributed by atoms with Gasteiger partial charge in [-0.15, -0.1) is 0 Å². The molecule has 1 fully saturated rings. The Morgan fingerprint density at radius 2 is 2.05 bits per heavy atom. The van der Waals surface area contributed by atoms with Gasteiger partial charge in [-0.1, -0.05) is 13.0 Å². The van der Waals surface area contributed by atoms with E-state index >= 15 is 0 Å². The molecule has 2 rings (SSSR count). The average Bonchev–Trinajstić information content (AvgIpc) is 2.43. The zero-order valence-electron chi connectivity index (χ0n) is 12.6. The van der Waals surface area contributed by atoms with Crippen molar-refractivity contribution in [3.63, 3.8) is 0 Å². The van der Waals surface area contributed by atoms with Crippen molar-refractivity contribution in [1.29, 1.82) is 0 Å². The molecule has 0 aromatic heterocycles. The molecule has 1 aliphatic rings. The van der Waals surface area contributed by atoms with Gasteiger partial charge in [0.1, 0.15) is 5.75 Å². The smallest absolute Gasteiger partial charge is 0.251 e. The van der Waals surface area contributed by atoms with E-state index in [1.165, 1.54) is 6.07 Å². The monoisotopic (exact) mass is 276 g/mol. The third-order valence-corrected chi connectivity index (χ3v) is 4.34. The standard InChI is InChI=1S/C16H24N2O2/c1-12-4-5-13(10-14(12)19)15(20)17-11-16(2)6-8-18(3)9-7-16/h4-5,10,19H,6-9,11H2,1-3H3,(H,17,20). The van der Waals surface area contributed by atoms with Gasteiger partial charge in [0.25, 0.3) is 5.91 Å². The summed E-state index contributed by atoms with van der Waals surface area (Å²) in [5.41, 5.74) is 1.48. The molecule has 1 aliphatic heterocycles. The van der Waals surface area contributed by atoms with Gasteiger partial charge >= 0.3 is 0 Å². The Hall–Kier alpha value is -1.55. The molecule has 0 unspecified atom stereocenters. The highest BCUT2D eigenvalue weighted by Gasteiger charge is 2.29. The SMILES string of the molecule is Cc1ccc(C(=O)NCC2(C)CCN(C)CC2)cc1O. The second-order valence-corrected chi connectivity index (χ2v) is 6.30. The van der Waals surface area contributed by atoms with Crippen molar-refractivity contribution >= 4 is 5.91 Å². The van der Waals surface area contributed by atoms with Crippen molar-refractivity contribution < 1.29 is 9.90 Å². The minimum Gasteiger partial charge on any atom is -0.508 e. The molecular weight excluding hydrogens is 252 g/mol. The van der Waals surface area contributed by atoms with Crippen molar-refractivity contribution in [2.75, 3.05) is 26.7 Å². The number of phenols is 1. The Kier molecular flexibility index (Phi) is 4.33. The number of hydrogen-bond donors (Lipinski definition) is 2. The summed E-state index contributed by atoms with van der Waals surface area (Å²) in [6.07, 6.45) is 2.20. The van der Waals surface area contributed by atoms with Crippen LogP contribution in [0.15, 0.2) is 18.2 Å². The first-order valence-corrected chi connectivity index (χ1v) is 7.16. The minimum atomic E-state index is -0.111. The lowest BCUT2D eigenvalue weighted by atomic mass is 9.80. The largest absolute Gasteiger partial charge is 0.508 e. The molecule has 1 amide bonds. The van der Waals surface area contributed by atoms with Gasteiger partial charge in [0.2, 0.25) is 0 Å². The molecule has 4 nitrogen and oxygen atoms in total. The van der Waals surface area contributed by atoms with Crippen LogP contribution in [0.5, 0.6) is 5.75 Å². The summed E-state index contributed by atoms with van der Waals surface area (Å²) in [5, 5.41) is 12.7. The number of nitrogens with zero attached hydrogens (tertiary/aromatic N) is 1. The molecule has 0 radical (unpaired) electrons. The third-order valence-electron chi connectivity index (χ3n) is 4.34. The van der Waals surface area contributed by atoms with Crippen molar-refractivity contribution in [2.45, 2.75) is 26.7 Å². The highest BCUT2D eigenvalue weighted by Crippen LogP contribution is 2.29. The number of rotatable bonds is 3. The Labute approximate surface area is 120 Å². The van der Waals surface area contributed by atoms with Crippen LogP contribution in [0.3, 0.4) is 0 Å². The maximum atomic E-state index is 12.1. The zero-order valence-corrected chi connectivity index (χ0v) is 12.6. The molecule has 1 aromatic carbocycles. The van der Waals surface area contributed by atoms with Crippen LogP contribution in [0.4, 0.5) is 0 Å². The first-order chi connectivity index (χ1) is 9.39. The molecule has 0 aliphatic carbocycles. The first-order valence-electron chi connectivity index (χ1n) is 7.16. The van der Waals surface area contributed by atoms with Gasteiger partial charge in [-0.2, -0.15) is 0 Å². The van der Waals surface area contributed by atoms with Crippen molar-refractivity contribution in [3.05, 3.63) is 29.3 Å². The van der Waals surface area contributed by atoms with Crippen LogP contribution in [0.1, 0.15) is 35.7 Å². The van der Waals surface area contributed by atoms with Crippen LogP contribution in [-0.2, 0) is 0 Å². The summed E-state index contributed by atoms with van der Waals surface area (Å²) in [6.45, 7) is 6.90. The molecule has 1 heterocycles. The lowest BCUT2D eigenvalue weighted by molar-refractivity contribution is 0.0891. The number of carbonyl (C=O) groups excluding carboxylic acids is 1. The van der Waals surface area contributed by atoms with Gasteiger partial charge in [-0.3, -0.25) is 4.79 Å². The van der Waals surface area contributed by atoms with Gasteiger partial charge in [0, 0.05) is 12.1 Å². The Morgan fingerprint density at radius 1 is 1.40 bits per heavy atom. The van der Waals surface area contributed by atoms with Crippen molar-refractivity contribution in [3.8, 4) is 5.75 Å². The predicted octanol–water partition coefficient (Wildman–Crippen LogP) is 2.16. The van der Waals surface area contributed by atoms with Crippen molar-refractivity contribution in [1.82, 2.24) is 10.2 Å². The number of carbonyl (C=O) groups is 1. The number of nitrogens with one attached hydrogen (secondary N) is 1. The number of amides is 1. The van der Waals surface area contributed by atoms with Crippen LogP contribution in [0.25, 0.3) is 0 Å². The lowest BCUT2D eigenvalue weighted by Gasteiger charge is -2.37. The number of benzene rings is 1. The number of likely N-dealkylation sites (tertiary alicyclic amines) is 1. The van der Waals surface area contributed by atoms with Gasteiger partial charge in [0.15, 0.2) is 0 Å².